The number of nitrogens with zero attached hydrogens (tertiary/aromatic N) is 1. The maximum atomic E-state index is 12.6. The topological polar surface area (TPSA) is 67.9 Å². The molecule has 3 atom stereocenters. The molecule has 0 aromatic heterocycles. The molecule has 29 heavy (non-hydrogen) atoms. The van der Waals surface area contributed by atoms with E-state index in [-0.39, 0.29) is 25.3 Å². The van der Waals surface area contributed by atoms with Gasteiger partial charge in [-0.25, -0.2) is 9.59 Å². The normalized spacial score (nSPS) is 22.8. The molecule has 2 aromatic rings. The molecule has 1 aliphatic carbocycles. The molecule has 1 saturated heterocycles. The summed E-state index contributed by atoms with van der Waals surface area (Å²) in [4.78, 5) is 26.6. The van der Waals surface area contributed by atoms with E-state index in [1.807, 2.05) is 60.7 Å². The number of hydrogen-bond acceptors (Lipinski definition) is 4. The molecule has 152 valence electrons. The quantitative estimate of drug-likeness (QED) is 0.834. The molecule has 0 bridgehead atoms. The van der Waals surface area contributed by atoms with Crippen molar-refractivity contribution >= 4 is 12.2 Å². The number of alkyl carbamates (subject to hydrolysis) is 1. The van der Waals surface area contributed by atoms with E-state index in [2.05, 4.69) is 5.32 Å². The summed E-state index contributed by atoms with van der Waals surface area (Å²) in [6, 6.07) is 19.1. The van der Waals surface area contributed by atoms with Crippen molar-refractivity contribution in [3.8, 4) is 0 Å². The number of nitrogens with one attached hydrogen (secondary N) is 1. The molecular formula is C23H26N2O4. The van der Waals surface area contributed by atoms with Crippen LogP contribution in [0.25, 0.3) is 0 Å². The van der Waals surface area contributed by atoms with Crippen LogP contribution < -0.4 is 5.32 Å². The number of rotatable bonds is 5. The Morgan fingerprint density at radius 2 is 1.45 bits per heavy atom. The Hall–Kier alpha value is -3.02. The molecule has 2 amide bonds. The van der Waals surface area contributed by atoms with Gasteiger partial charge in [-0.05, 0) is 35.8 Å². The van der Waals surface area contributed by atoms with Gasteiger partial charge in [0.15, 0.2) is 0 Å². The van der Waals surface area contributed by atoms with Crippen molar-refractivity contribution in [3.63, 3.8) is 0 Å². The Labute approximate surface area is 170 Å². The largest absolute Gasteiger partial charge is 0.445 e. The van der Waals surface area contributed by atoms with Crippen LogP contribution >= 0.6 is 0 Å². The van der Waals surface area contributed by atoms with Gasteiger partial charge in [0.2, 0.25) is 0 Å². The second kappa shape index (κ2) is 8.99. The highest BCUT2D eigenvalue weighted by Crippen LogP contribution is 2.44. The van der Waals surface area contributed by atoms with Gasteiger partial charge in [0.1, 0.15) is 13.2 Å². The molecule has 6 heteroatoms. The second-order valence-corrected chi connectivity index (χ2v) is 7.84. The maximum absolute atomic E-state index is 12.6. The van der Waals surface area contributed by atoms with Gasteiger partial charge >= 0.3 is 12.2 Å². The third kappa shape index (κ3) is 5.50. The summed E-state index contributed by atoms with van der Waals surface area (Å²) >= 11 is 0. The van der Waals surface area contributed by atoms with E-state index in [0.29, 0.717) is 24.9 Å². The first-order valence-corrected chi connectivity index (χ1v) is 10.1. The fourth-order valence-corrected chi connectivity index (χ4v) is 3.88. The van der Waals surface area contributed by atoms with Crippen molar-refractivity contribution in [2.75, 3.05) is 13.1 Å². The maximum Gasteiger partial charge on any atom is 0.410 e. The fourth-order valence-electron chi connectivity index (χ4n) is 3.88. The van der Waals surface area contributed by atoms with Crippen LogP contribution in [-0.4, -0.2) is 36.2 Å². The van der Waals surface area contributed by atoms with E-state index in [1.54, 1.807) is 4.90 Å². The predicted molar refractivity (Wildman–Crippen MR) is 108 cm³/mol. The summed E-state index contributed by atoms with van der Waals surface area (Å²) in [7, 11) is 0. The van der Waals surface area contributed by atoms with Crippen molar-refractivity contribution < 1.29 is 19.1 Å². The Kier molecular flexibility index (Phi) is 5.98. The molecule has 2 aliphatic rings. The van der Waals surface area contributed by atoms with Crippen molar-refractivity contribution in [1.82, 2.24) is 10.2 Å². The lowest BCUT2D eigenvalue weighted by Gasteiger charge is -2.25. The van der Waals surface area contributed by atoms with Gasteiger partial charge in [0.25, 0.3) is 0 Å². The van der Waals surface area contributed by atoms with Crippen molar-refractivity contribution in [1.29, 1.82) is 0 Å². The molecule has 1 N–H and O–H groups in total. The zero-order valence-corrected chi connectivity index (χ0v) is 16.3. The van der Waals surface area contributed by atoms with E-state index in [4.69, 9.17) is 9.47 Å². The molecule has 0 radical (unpaired) electrons. The zero-order chi connectivity index (χ0) is 20.1. The first kappa shape index (κ1) is 19.3. The summed E-state index contributed by atoms with van der Waals surface area (Å²) in [5.41, 5.74) is 1.90. The molecule has 1 aliphatic heterocycles. The van der Waals surface area contributed by atoms with Gasteiger partial charge < -0.3 is 19.7 Å². The number of likely N-dealkylation sites (tertiary alicyclic amines) is 1. The SMILES string of the molecule is O=C(N[C@H]1C[C@H]2C[C@H]2CN(C(=O)OCc2ccccc2)C1)OCc1ccccc1. The standard InChI is InChI=1S/C23H26N2O4/c26-22(28-15-17-7-3-1-4-8-17)24-21-12-19-11-20(19)13-25(14-21)23(27)29-16-18-9-5-2-6-10-18/h1-10,19-21H,11-16H2,(H,24,26)/t19-,20+,21+/m1/s1. The number of carbonyl (C=O) groups is 2. The van der Waals surface area contributed by atoms with Gasteiger partial charge in [-0.2, -0.15) is 0 Å². The van der Waals surface area contributed by atoms with Gasteiger partial charge in [0.05, 0.1) is 6.04 Å². The number of carbonyl (C=O) groups excluding carboxylic acids is 2. The van der Waals surface area contributed by atoms with Gasteiger partial charge in [0, 0.05) is 13.1 Å². The van der Waals surface area contributed by atoms with Crippen LogP contribution in [0.4, 0.5) is 9.59 Å². The molecule has 1 saturated carbocycles. The Morgan fingerprint density at radius 3 is 2.10 bits per heavy atom. The third-order valence-electron chi connectivity index (χ3n) is 5.55. The van der Waals surface area contributed by atoms with E-state index in [0.717, 1.165) is 24.0 Å². The first-order valence-electron chi connectivity index (χ1n) is 10.1. The Bertz CT molecular complexity index is 827. The monoisotopic (exact) mass is 394 g/mol. The first-order chi connectivity index (χ1) is 14.2. The van der Waals surface area contributed by atoms with E-state index in [1.165, 1.54) is 0 Å². The summed E-state index contributed by atoms with van der Waals surface area (Å²) < 4.78 is 10.8. The Morgan fingerprint density at radius 1 is 0.828 bits per heavy atom. The lowest BCUT2D eigenvalue weighted by molar-refractivity contribution is 0.0905. The molecule has 1 heterocycles. The van der Waals surface area contributed by atoms with Gasteiger partial charge in [-0.15, -0.1) is 0 Å². The van der Waals surface area contributed by atoms with Crippen LogP contribution in [0, 0.1) is 11.8 Å². The zero-order valence-electron chi connectivity index (χ0n) is 16.3. The third-order valence-corrected chi connectivity index (χ3v) is 5.55. The minimum atomic E-state index is -0.449. The average Bonchev–Trinajstić information content (AvgIpc) is 3.50. The van der Waals surface area contributed by atoms with Crippen LogP contribution in [0.5, 0.6) is 0 Å². The summed E-state index contributed by atoms with van der Waals surface area (Å²) in [6.45, 7) is 1.62. The smallest absolute Gasteiger partial charge is 0.410 e. The van der Waals surface area contributed by atoms with E-state index in [9.17, 15) is 9.59 Å². The highest BCUT2D eigenvalue weighted by Gasteiger charge is 2.44. The molecular weight excluding hydrogens is 368 g/mol. The summed E-state index contributed by atoms with van der Waals surface area (Å²) in [6.07, 6.45) is 1.19. The minimum Gasteiger partial charge on any atom is -0.445 e. The predicted octanol–water partition coefficient (Wildman–Crippen LogP) is 3.96. The molecule has 0 spiro atoms. The lowest BCUT2D eigenvalue weighted by atomic mass is 10.1. The summed E-state index contributed by atoms with van der Waals surface area (Å²) in [5, 5.41) is 2.93. The molecule has 2 fully saturated rings. The molecule has 2 aromatic carbocycles. The van der Waals surface area contributed by atoms with Crippen LogP contribution in [0.2, 0.25) is 0 Å². The highest BCUT2D eigenvalue weighted by molar-refractivity contribution is 5.69. The fraction of sp³-hybridized carbons (Fsp3) is 0.391. The Balaban J connectivity index is 1.28. The number of benzene rings is 2. The highest BCUT2D eigenvalue weighted by atomic mass is 16.6. The van der Waals surface area contributed by atoms with Crippen molar-refractivity contribution in [3.05, 3.63) is 71.8 Å². The number of ether oxygens (including phenoxy) is 2. The van der Waals surface area contributed by atoms with Crippen molar-refractivity contribution in [2.24, 2.45) is 11.8 Å². The van der Waals surface area contributed by atoms with Crippen LogP contribution in [0.15, 0.2) is 60.7 Å². The average molecular weight is 394 g/mol. The van der Waals surface area contributed by atoms with E-state index >= 15 is 0 Å². The number of amides is 2. The lowest BCUT2D eigenvalue weighted by Crippen LogP contribution is -2.45. The molecule has 4 rings (SSSR count). The second-order valence-electron chi connectivity index (χ2n) is 7.84. The number of fused-ring (bicyclic) bond motifs is 1. The summed E-state index contributed by atoms with van der Waals surface area (Å²) in [5.74, 6) is 1.06. The van der Waals surface area contributed by atoms with Crippen LogP contribution in [0.1, 0.15) is 24.0 Å². The molecule has 6 nitrogen and oxygen atoms in total. The van der Waals surface area contributed by atoms with E-state index < -0.39 is 6.09 Å². The molecule has 0 unspecified atom stereocenters. The number of hydrogen-bond donors (Lipinski definition) is 1. The van der Waals surface area contributed by atoms with Gasteiger partial charge in [-0.3, -0.25) is 0 Å². The van der Waals surface area contributed by atoms with Crippen molar-refractivity contribution in [2.45, 2.75) is 32.1 Å². The van der Waals surface area contributed by atoms with Crippen LogP contribution in [-0.2, 0) is 22.7 Å². The van der Waals surface area contributed by atoms with Gasteiger partial charge in [-0.1, -0.05) is 60.7 Å². The minimum absolute atomic E-state index is 0.125. The van der Waals surface area contributed by atoms with Crippen LogP contribution in [0.3, 0.4) is 0 Å².